The lowest BCUT2D eigenvalue weighted by Crippen LogP contribution is -2.38. The molecule has 0 unspecified atom stereocenters. The summed E-state index contributed by atoms with van der Waals surface area (Å²) in [6, 6.07) is 7.04. The van der Waals surface area contributed by atoms with Crippen LogP contribution in [0.5, 0.6) is 0 Å². The van der Waals surface area contributed by atoms with Crippen molar-refractivity contribution in [3.63, 3.8) is 0 Å². The predicted octanol–water partition coefficient (Wildman–Crippen LogP) is 2.74. The van der Waals surface area contributed by atoms with Crippen LogP contribution in [0.15, 0.2) is 29.2 Å². The Hall–Kier alpha value is -3.71. The number of aliphatic carboxylic acids is 2. The molecule has 246 valence electrons. The van der Waals surface area contributed by atoms with E-state index in [-0.39, 0.29) is 0 Å². The average molecular weight is 660 g/mol. The lowest BCUT2D eigenvalue weighted by atomic mass is 10.1. The van der Waals surface area contributed by atoms with Crippen LogP contribution in [-0.4, -0.2) is 111 Å². The molecule has 2 aliphatic heterocycles. The van der Waals surface area contributed by atoms with Crippen molar-refractivity contribution < 1.29 is 59.3 Å². The zero-order valence-corrected chi connectivity index (χ0v) is 24.6. The van der Waals surface area contributed by atoms with Crippen LogP contribution in [0.4, 0.5) is 38.1 Å². The Morgan fingerprint density at radius 3 is 1.80 bits per heavy atom. The Morgan fingerprint density at radius 1 is 0.864 bits per heavy atom. The number of halogens is 6. The minimum absolute atomic E-state index is 0.340. The summed E-state index contributed by atoms with van der Waals surface area (Å²) in [5.74, 6) is -3.94. The van der Waals surface area contributed by atoms with Crippen LogP contribution in [0.1, 0.15) is 16.8 Å². The average Bonchev–Trinajstić information content (AvgIpc) is 3.16. The highest BCUT2D eigenvalue weighted by molar-refractivity contribution is 7.89. The molecule has 0 bridgehead atoms. The van der Waals surface area contributed by atoms with E-state index in [4.69, 9.17) is 34.5 Å². The first kappa shape index (κ1) is 36.5. The standard InChI is InChI=1S/C21H29N5O3S.2C2HF3O2/c1-16-4-6-17(7-5-16)30(27,28)26-10-8-18-19(9-11-26)22-21(23-20(18)24(2)3)25-12-14-29-15-13-25;2*3-2(4,5)1(6)7/h4-7H,8-15H2,1-3H3;2*(H,6,7). The molecule has 1 fully saturated rings. The first-order valence-electron chi connectivity index (χ1n) is 12.8. The number of hydrogen-bond donors (Lipinski definition) is 2. The zero-order chi connectivity index (χ0) is 33.5. The van der Waals surface area contributed by atoms with E-state index in [1.54, 1.807) is 16.4 Å². The van der Waals surface area contributed by atoms with Gasteiger partial charge in [0.1, 0.15) is 5.82 Å². The number of carboxylic acids is 2. The minimum atomic E-state index is -5.08. The molecule has 0 radical (unpaired) electrons. The number of nitrogens with zero attached hydrogens (tertiary/aromatic N) is 5. The fourth-order valence-corrected chi connectivity index (χ4v) is 5.36. The molecule has 3 heterocycles. The molecule has 2 N–H and O–H groups in total. The number of aromatic nitrogens is 2. The Morgan fingerprint density at radius 2 is 1.34 bits per heavy atom. The molecule has 0 amide bonds. The van der Waals surface area contributed by atoms with Crippen LogP contribution < -0.4 is 9.80 Å². The molecule has 0 saturated carbocycles. The minimum Gasteiger partial charge on any atom is -0.475 e. The second kappa shape index (κ2) is 14.8. The molecule has 2 aliphatic rings. The van der Waals surface area contributed by atoms with Gasteiger partial charge in [-0.2, -0.15) is 35.6 Å². The molecule has 1 aromatic carbocycles. The first-order valence-corrected chi connectivity index (χ1v) is 14.3. The number of aryl methyl sites for hydroxylation is 1. The maximum Gasteiger partial charge on any atom is 0.490 e. The molecule has 19 heteroatoms. The van der Waals surface area contributed by atoms with E-state index in [0.29, 0.717) is 50.0 Å². The molecule has 4 rings (SSSR count). The number of carbonyl (C=O) groups is 2. The quantitative estimate of drug-likeness (QED) is 0.466. The molecule has 0 atom stereocenters. The Kier molecular flexibility index (Phi) is 12.3. The van der Waals surface area contributed by atoms with Gasteiger partial charge in [0.2, 0.25) is 16.0 Å². The van der Waals surface area contributed by atoms with Crippen molar-refractivity contribution in [2.75, 3.05) is 63.3 Å². The monoisotopic (exact) mass is 659 g/mol. The molecular weight excluding hydrogens is 628 g/mol. The van der Waals surface area contributed by atoms with Crippen LogP contribution >= 0.6 is 0 Å². The van der Waals surface area contributed by atoms with Gasteiger partial charge in [-0.25, -0.2) is 23.0 Å². The van der Waals surface area contributed by atoms with Crippen LogP contribution in [0, 0.1) is 6.92 Å². The summed E-state index contributed by atoms with van der Waals surface area (Å²) >= 11 is 0. The summed E-state index contributed by atoms with van der Waals surface area (Å²) in [5, 5.41) is 14.2. The zero-order valence-electron chi connectivity index (χ0n) is 23.8. The lowest BCUT2D eigenvalue weighted by molar-refractivity contribution is -0.193. The van der Waals surface area contributed by atoms with Gasteiger partial charge in [0.15, 0.2) is 0 Å². The summed E-state index contributed by atoms with van der Waals surface area (Å²) in [6.07, 6.45) is -9.00. The maximum absolute atomic E-state index is 13.2. The van der Waals surface area contributed by atoms with Crippen LogP contribution in [0.3, 0.4) is 0 Å². The summed E-state index contributed by atoms with van der Waals surface area (Å²) in [6.45, 7) is 5.65. The summed E-state index contributed by atoms with van der Waals surface area (Å²) in [5.41, 5.74) is 3.02. The van der Waals surface area contributed by atoms with E-state index < -0.39 is 34.3 Å². The molecule has 12 nitrogen and oxygen atoms in total. The SMILES string of the molecule is Cc1ccc(S(=O)(=O)N2CCc3nc(N4CCOCC4)nc(N(C)C)c3CC2)cc1.O=C(O)C(F)(F)F.O=C(O)C(F)(F)F. The summed E-state index contributed by atoms with van der Waals surface area (Å²) in [4.78, 5) is 31.9. The molecule has 0 aliphatic carbocycles. The van der Waals surface area contributed by atoms with E-state index in [2.05, 4.69) is 4.90 Å². The highest BCUT2D eigenvalue weighted by atomic mass is 32.2. The first-order chi connectivity index (χ1) is 20.2. The second-order valence-electron chi connectivity index (χ2n) is 9.59. The van der Waals surface area contributed by atoms with Gasteiger partial charge in [-0.15, -0.1) is 0 Å². The molecular formula is C25H31F6N5O7S. The lowest BCUT2D eigenvalue weighted by Gasteiger charge is -2.28. The number of rotatable bonds is 4. The molecule has 1 aromatic heterocycles. The number of carboxylic acid groups (broad SMARTS) is 2. The highest BCUT2D eigenvalue weighted by Crippen LogP contribution is 2.28. The maximum atomic E-state index is 13.2. The van der Waals surface area contributed by atoms with Crippen molar-refractivity contribution in [2.45, 2.75) is 37.0 Å². The molecule has 44 heavy (non-hydrogen) atoms. The van der Waals surface area contributed by atoms with Gasteiger partial charge >= 0.3 is 24.3 Å². The Labute approximate surface area is 248 Å². The van der Waals surface area contributed by atoms with Crippen molar-refractivity contribution in [3.05, 3.63) is 41.1 Å². The van der Waals surface area contributed by atoms with E-state index in [0.717, 1.165) is 35.7 Å². The van der Waals surface area contributed by atoms with Gasteiger partial charge < -0.3 is 24.7 Å². The summed E-state index contributed by atoms with van der Waals surface area (Å²) < 4.78 is 96.9. The Balaban J connectivity index is 0.000000402. The van der Waals surface area contributed by atoms with Crippen molar-refractivity contribution in [1.82, 2.24) is 14.3 Å². The van der Waals surface area contributed by atoms with E-state index >= 15 is 0 Å². The third-order valence-corrected chi connectivity index (χ3v) is 8.04. The number of morpholine rings is 1. The third kappa shape index (κ3) is 10.2. The smallest absolute Gasteiger partial charge is 0.475 e. The fourth-order valence-electron chi connectivity index (χ4n) is 3.92. The van der Waals surface area contributed by atoms with Gasteiger partial charge in [-0.1, -0.05) is 17.7 Å². The van der Waals surface area contributed by atoms with Crippen LogP contribution in [-0.2, 0) is 37.2 Å². The topological polar surface area (TPSA) is 153 Å². The number of anilines is 2. The van der Waals surface area contributed by atoms with Crippen molar-refractivity contribution >= 4 is 33.7 Å². The van der Waals surface area contributed by atoms with Gasteiger partial charge in [0.25, 0.3) is 0 Å². The van der Waals surface area contributed by atoms with Crippen molar-refractivity contribution in [2.24, 2.45) is 0 Å². The van der Waals surface area contributed by atoms with Crippen molar-refractivity contribution in [3.8, 4) is 0 Å². The predicted molar refractivity (Wildman–Crippen MR) is 144 cm³/mol. The van der Waals surface area contributed by atoms with Gasteiger partial charge in [-0.3, -0.25) is 0 Å². The number of fused-ring (bicyclic) bond motifs is 1. The van der Waals surface area contributed by atoms with Crippen LogP contribution in [0.2, 0.25) is 0 Å². The summed E-state index contributed by atoms with van der Waals surface area (Å²) in [7, 11) is 0.400. The van der Waals surface area contributed by atoms with E-state index in [1.807, 2.05) is 38.1 Å². The molecule has 1 saturated heterocycles. The third-order valence-electron chi connectivity index (χ3n) is 6.13. The van der Waals surface area contributed by atoms with E-state index in [1.165, 1.54) is 0 Å². The molecule has 0 spiro atoms. The number of ether oxygens (including phenoxy) is 1. The van der Waals surface area contributed by atoms with Crippen LogP contribution in [0.25, 0.3) is 0 Å². The second-order valence-corrected chi connectivity index (χ2v) is 11.5. The largest absolute Gasteiger partial charge is 0.490 e. The fraction of sp³-hybridized carbons (Fsp3) is 0.520. The Bertz CT molecular complexity index is 1370. The van der Waals surface area contributed by atoms with E-state index in [9.17, 15) is 34.8 Å². The van der Waals surface area contributed by atoms with Gasteiger partial charge in [-0.05, 0) is 25.5 Å². The number of alkyl halides is 6. The highest BCUT2D eigenvalue weighted by Gasteiger charge is 2.39. The normalized spacial score (nSPS) is 15.9. The molecule has 2 aromatic rings. The number of benzene rings is 1. The van der Waals surface area contributed by atoms with Gasteiger partial charge in [0.05, 0.1) is 23.8 Å². The van der Waals surface area contributed by atoms with Gasteiger partial charge in [0, 0.05) is 52.3 Å². The number of sulfonamides is 1. The van der Waals surface area contributed by atoms with Crippen molar-refractivity contribution in [1.29, 1.82) is 0 Å². The number of hydrogen-bond acceptors (Lipinski definition) is 9.